The van der Waals surface area contributed by atoms with Gasteiger partial charge in [-0.05, 0) is 11.5 Å². The number of hydrogen-bond donors (Lipinski definition) is 0. The van der Waals surface area contributed by atoms with E-state index in [2.05, 4.69) is 28.3 Å². The van der Waals surface area contributed by atoms with Gasteiger partial charge < -0.3 is 4.52 Å². The Labute approximate surface area is 96.7 Å². The average molecular weight is 220 g/mol. The fourth-order valence-electron chi connectivity index (χ4n) is 2.36. The van der Waals surface area contributed by atoms with Crippen LogP contribution in [0.5, 0.6) is 0 Å². The molecule has 0 fully saturated rings. The molecule has 3 heteroatoms. The summed E-state index contributed by atoms with van der Waals surface area (Å²) in [4.78, 5) is 4.43. The Morgan fingerprint density at radius 1 is 0.824 bits per heavy atom. The van der Waals surface area contributed by atoms with Gasteiger partial charge in [0.1, 0.15) is 0 Å². The van der Waals surface area contributed by atoms with Crippen molar-refractivity contribution in [3.05, 3.63) is 48.8 Å². The minimum atomic E-state index is 0.812. The van der Waals surface area contributed by atoms with E-state index in [1.54, 1.807) is 12.4 Å². The molecule has 2 aromatic heterocycles. The molecule has 2 aromatic carbocycles. The molecule has 0 amide bonds. The van der Waals surface area contributed by atoms with Crippen LogP contribution in [0.15, 0.2) is 53.3 Å². The number of fused-ring (bicyclic) bond motifs is 6. The number of pyridine rings is 1. The van der Waals surface area contributed by atoms with Crippen LogP contribution in [0.1, 0.15) is 0 Å². The third kappa shape index (κ3) is 1.05. The Balaban J connectivity index is 2.48. The highest BCUT2D eigenvalue weighted by molar-refractivity contribution is 6.22. The van der Waals surface area contributed by atoms with E-state index in [0.29, 0.717) is 0 Å². The standard InChI is InChI=1S/C14H8N2O/c1-2-5-11-9(4-1)10-6-3-7-15-13(10)12-8-16-17-14(11)12/h1-8H. The molecule has 0 N–H and O–H groups in total. The summed E-state index contributed by atoms with van der Waals surface area (Å²) in [6.07, 6.45) is 3.53. The molecule has 4 rings (SSSR count). The van der Waals surface area contributed by atoms with Gasteiger partial charge in [-0.25, -0.2) is 0 Å². The number of aromatic nitrogens is 2. The van der Waals surface area contributed by atoms with Gasteiger partial charge in [0, 0.05) is 17.0 Å². The van der Waals surface area contributed by atoms with Crippen LogP contribution in [-0.4, -0.2) is 10.1 Å². The van der Waals surface area contributed by atoms with E-state index in [1.165, 1.54) is 0 Å². The van der Waals surface area contributed by atoms with Crippen LogP contribution < -0.4 is 0 Å². The normalized spacial score (nSPS) is 11.5. The molecule has 80 valence electrons. The maximum absolute atomic E-state index is 5.35. The van der Waals surface area contributed by atoms with Crippen molar-refractivity contribution in [3.63, 3.8) is 0 Å². The summed E-state index contributed by atoms with van der Waals surface area (Å²) in [6.45, 7) is 0. The first-order valence-corrected chi connectivity index (χ1v) is 5.45. The number of rotatable bonds is 0. The predicted octanol–water partition coefficient (Wildman–Crippen LogP) is 3.53. The minimum Gasteiger partial charge on any atom is -0.356 e. The molecule has 0 bridgehead atoms. The quantitative estimate of drug-likeness (QED) is 0.425. The van der Waals surface area contributed by atoms with Gasteiger partial charge in [-0.3, -0.25) is 4.98 Å². The van der Waals surface area contributed by atoms with E-state index in [-0.39, 0.29) is 0 Å². The third-order valence-electron chi connectivity index (χ3n) is 3.10. The second-order valence-corrected chi connectivity index (χ2v) is 4.01. The predicted molar refractivity (Wildman–Crippen MR) is 66.8 cm³/mol. The number of benzene rings is 2. The molecule has 17 heavy (non-hydrogen) atoms. The smallest absolute Gasteiger partial charge is 0.176 e. The topological polar surface area (TPSA) is 38.9 Å². The lowest BCUT2D eigenvalue weighted by atomic mass is 10.0. The maximum Gasteiger partial charge on any atom is 0.176 e. The van der Waals surface area contributed by atoms with Gasteiger partial charge in [0.25, 0.3) is 0 Å². The van der Waals surface area contributed by atoms with E-state index < -0.39 is 0 Å². The molecule has 0 atom stereocenters. The van der Waals surface area contributed by atoms with Crippen LogP contribution in [-0.2, 0) is 0 Å². The van der Waals surface area contributed by atoms with Crippen molar-refractivity contribution >= 4 is 32.6 Å². The largest absolute Gasteiger partial charge is 0.356 e. The van der Waals surface area contributed by atoms with E-state index in [0.717, 1.165) is 32.6 Å². The SMILES string of the molecule is c1ccc2c(c1)c1cccnc1c1cnoc21. The maximum atomic E-state index is 5.35. The molecule has 0 spiro atoms. The van der Waals surface area contributed by atoms with E-state index in [1.807, 2.05) is 18.2 Å². The fourth-order valence-corrected chi connectivity index (χ4v) is 2.36. The van der Waals surface area contributed by atoms with Crippen molar-refractivity contribution in [1.82, 2.24) is 10.1 Å². The molecule has 2 heterocycles. The summed E-state index contributed by atoms with van der Waals surface area (Å²) in [5, 5.41) is 8.23. The summed E-state index contributed by atoms with van der Waals surface area (Å²) >= 11 is 0. The van der Waals surface area contributed by atoms with E-state index in [4.69, 9.17) is 4.52 Å². The summed E-state index contributed by atoms with van der Waals surface area (Å²) < 4.78 is 5.35. The highest BCUT2D eigenvalue weighted by Crippen LogP contribution is 2.33. The summed E-state index contributed by atoms with van der Waals surface area (Å²) in [5.74, 6) is 0. The van der Waals surface area contributed by atoms with Gasteiger partial charge in [0.05, 0.1) is 17.1 Å². The molecule has 0 aliphatic carbocycles. The van der Waals surface area contributed by atoms with Crippen LogP contribution in [0.3, 0.4) is 0 Å². The second-order valence-electron chi connectivity index (χ2n) is 4.01. The Hall–Kier alpha value is -2.42. The van der Waals surface area contributed by atoms with Crippen molar-refractivity contribution < 1.29 is 4.52 Å². The van der Waals surface area contributed by atoms with Crippen molar-refractivity contribution in [2.24, 2.45) is 0 Å². The summed E-state index contributed by atoms with van der Waals surface area (Å²) in [6, 6.07) is 12.2. The first-order valence-electron chi connectivity index (χ1n) is 5.45. The van der Waals surface area contributed by atoms with Crippen molar-refractivity contribution in [3.8, 4) is 0 Å². The highest BCUT2D eigenvalue weighted by atomic mass is 16.5. The molecule has 0 aliphatic rings. The van der Waals surface area contributed by atoms with Gasteiger partial charge in [0.15, 0.2) is 5.58 Å². The van der Waals surface area contributed by atoms with Crippen LogP contribution in [0.2, 0.25) is 0 Å². The fraction of sp³-hybridized carbons (Fsp3) is 0. The molecule has 0 radical (unpaired) electrons. The van der Waals surface area contributed by atoms with Crippen LogP contribution >= 0.6 is 0 Å². The summed E-state index contributed by atoms with van der Waals surface area (Å²) in [5.41, 5.74) is 1.76. The van der Waals surface area contributed by atoms with Crippen LogP contribution in [0, 0.1) is 0 Å². The molecule has 3 nitrogen and oxygen atoms in total. The minimum absolute atomic E-state index is 0.812. The number of hydrogen-bond acceptors (Lipinski definition) is 3. The van der Waals surface area contributed by atoms with Gasteiger partial charge >= 0.3 is 0 Å². The molecule has 0 saturated heterocycles. The van der Waals surface area contributed by atoms with Gasteiger partial charge in [0.2, 0.25) is 0 Å². The molecule has 0 saturated carbocycles. The monoisotopic (exact) mass is 220 g/mol. The van der Waals surface area contributed by atoms with Gasteiger partial charge in [-0.2, -0.15) is 0 Å². The van der Waals surface area contributed by atoms with E-state index >= 15 is 0 Å². The second kappa shape index (κ2) is 3.04. The van der Waals surface area contributed by atoms with Crippen molar-refractivity contribution in [2.75, 3.05) is 0 Å². The van der Waals surface area contributed by atoms with Crippen molar-refractivity contribution in [2.45, 2.75) is 0 Å². The zero-order valence-electron chi connectivity index (χ0n) is 8.92. The Kier molecular flexibility index (Phi) is 1.56. The van der Waals surface area contributed by atoms with Crippen molar-refractivity contribution in [1.29, 1.82) is 0 Å². The van der Waals surface area contributed by atoms with E-state index in [9.17, 15) is 0 Å². The molecular formula is C14H8N2O. The zero-order valence-corrected chi connectivity index (χ0v) is 8.92. The highest BCUT2D eigenvalue weighted by Gasteiger charge is 2.11. The molecule has 0 unspecified atom stereocenters. The third-order valence-corrected chi connectivity index (χ3v) is 3.10. The molecule has 4 aromatic rings. The zero-order chi connectivity index (χ0) is 11.2. The average Bonchev–Trinajstić information content (AvgIpc) is 2.89. The molecule has 0 aliphatic heterocycles. The number of nitrogens with zero attached hydrogens (tertiary/aromatic N) is 2. The first kappa shape index (κ1) is 8.70. The van der Waals surface area contributed by atoms with Crippen LogP contribution in [0.25, 0.3) is 32.6 Å². The lowest BCUT2D eigenvalue weighted by Crippen LogP contribution is -1.82. The summed E-state index contributed by atoms with van der Waals surface area (Å²) in [7, 11) is 0. The van der Waals surface area contributed by atoms with Gasteiger partial charge in [-0.1, -0.05) is 35.5 Å². The lowest BCUT2D eigenvalue weighted by Gasteiger charge is -2.03. The Morgan fingerprint density at radius 3 is 2.59 bits per heavy atom. The Morgan fingerprint density at radius 2 is 1.65 bits per heavy atom. The Bertz CT molecular complexity index is 779. The lowest BCUT2D eigenvalue weighted by molar-refractivity contribution is 0.458. The van der Waals surface area contributed by atoms with Crippen LogP contribution in [0.4, 0.5) is 0 Å². The first-order chi connectivity index (χ1) is 8.45. The molecular weight excluding hydrogens is 212 g/mol. The van der Waals surface area contributed by atoms with Gasteiger partial charge in [-0.15, -0.1) is 0 Å².